The number of phenols is 1. The first-order valence-corrected chi connectivity index (χ1v) is 7.93. The Kier molecular flexibility index (Phi) is 3.88. The molecule has 134 valence electrons. The molecule has 0 saturated carbocycles. The monoisotopic (exact) mass is 366 g/mol. The molecule has 0 spiro atoms. The van der Waals surface area contributed by atoms with E-state index < -0.39 is 28.7 Å². The molecule has 0 aliphatic rings. The van der Waals surface area contributed by atoms with Crippen LogP contribution in [0.3, 0.4) is 0 Å². The number of aryl methyl sites for hydroxylation is 1. The predicted molar refractivity (Wildman–Crippen MR) is 92.9 cm³/mol. The summed E-state index contributed by atoms with van der Waals surface area (Å²) in [6, 6.07) is 6.04. The van der Waals surface area contributed by atoms with Crippen LogP contribution in [-0.4, -0.2) is 30.4 Å². The van der Waals surface area contributed by atoms with E-state index in [4.69, 9.17) is 0 Å². The first-order valence-electron chi connectivity index (χ1n) is 7.93. The maximum absolute atomic E-state index is 14.1. The lowest BCUT2D eigenvalue weighted by atomic mass is 10.0. The van der Waals surface area contributed by atoms with E-state index in [-0.39, 0.29) is 5.56 Å². The van der Waals surface area contributed by atoms with Crippen LogP contribution in [0.15, 0.2) is 49.1 Å². The summed E-state index contributed by atoms with van der Waals surface area (Å²) in [5.41, 5.74) is 0.910. The van der Waals surface area contributed by atoms with Gasteiger partial charge < -0.3 is 5.11 Å². The van der Waals surface area contributed by atoms with Gasteiger partial charge in [-0.25, -0.2) is 18.7 Å². The number of phenolic OH excluding ortho intramolecular Hbond substituents is 1. The summed E-state index contributed by atoms with van der Waals surface area (Å²) < 4.78 is 29.7. The van der Waals surface area contributed by atoms with Crippen LogP contribution in [0.25, 0.3) is 16.9 Å². The van der Waals surface area contributed by atoms with Crippen LogP contribution < -0.4 is 0 Å². The van der Waals surface area contributed by atoms with Gasteiger partial charge in [0, 0.05) is 11.8 Å². The fourth-order valence-corrected chi connectivity index (χ4v) is 2.71. The number of hydrogen-bond acceptors (Lipinski definition) is 5. The fraction of sp³-hybridized carbons (Fsp3) is 0.0526. The van der Waals surface area contributed by atoms with Crippen molar-refractivity contribution in [3.8, 4) is 11.6 Å². The second kappa shape index (κ2) is 6.24. The van der Waals surface area contributed by atoms with E-state index in [1.165, 1.54) is 18.2 Å². The summed E-state index contributed by atoms with van der Waals surface area (Å²) >= 11 is 0. The lowest BCUT2D eigenvalue weighted by Gasteiger charge is -2.07. The predicted octanol–water partition coefficient (Wildman–Crippen LogP) is 3.34. The Labute approximate surface area is 151 Å². The standard InChI is InChI=1S/C19H12F2N4O2/c1-10-8-25(9-23-10)16-7-22-13-4-2-11(6-14(13)24-16)19(27)17-12(20)3-5-15(26)18(17)21/h2-9,26H,1H3. The Hall–Kier alpha value is -3.68. The molecule has 4 aromatic rings. The minimum absolute atomic E-state index is 0.0270. The molecule has 27 heavy (non-hydrogen) atoms. The van der Waals surface area contributed by atoms with Gasteiger partial charge in [0.15, 0.2) is 23.2 Å². The maximum atomic E-state index is 14.1. The molecule has 2 heterocycles. The highest BCUT2D eigenvalue weighted by Gasteiger charge is 2.22. The van der Waals surface area contributed by atoms with E-state index in [0.29, 0.717) is 16.9 Å². The third kappa shape index (κ3) is 2.91. The van der Waals surface area contributed by atoms with Gasteiger partial charge in [-0.2, -0.15) is 0 Å². The van der Waals surface area contributed by atoms with Crippen LogP contribution in [-0.2, 0) is 0 Å². The van der Waals surface area contributed by atoms with Gasteiger partial charge in [0.05, 0.1) is 28.5 Å². The van der Waals surface area contributed by atoms with Gasteiger partial charge >= 0.3 is 0 Å². The van der Waals surface area contributed by atoms with Crippen LogP contribution >= 0.6 is 0 Å². The molecular weight excluding hydrogens is 354 g/mol. The molecular formula is C19H12F2N4O2. The highest BCUT2D eigenvalue weighted by Crippen LogP contribution is 2.25. The highest BCUT2D eigenvalue weighted by atomic mass is 19.1. The summed E-state index contributed by atoms with van der Waals surface area (Å²) in [5.74, 6) is -3.55. The SMILES string of the molecule is Cc1cn(-c2cnc3ccc(C(=O)c4c(F)ccc(O)c4F)cc3n2)cn1. The number of carbonyl (C=O) groups is 1. The molecule has 6 nitrogen and oxygen atoms in total. The van der Waals surface area contributed by atoms with Crippen molar-refractivity contribution in [1.29, 1.82) is 0 Å². The zero-order chi connectivity index (χ0) is 19.1. The van der Waals surface area contributed by atoms with E-state index in [9.17, 15) is 18.7 Å². The molecule has 0 atom stereocenters. The molecule has 0 aliphatic heterocycles. The van der Waals surface area contributed by atoms with Crippen LogP contribution in [0, 0.1) is 18.6 Å². The van der Waals surface area contributed by atoms with Gasteiger partial charge in [-0.05, 0) is 37.3 Å². The molecule has 0 aliphatic carbocycles. The molecule has 2 aromatic heterocycles. The van der Waals surface area contributed by atoms with E-state index in [1.54, 1.807) is 23.3 Å². The molecule has 0 bridgehead atoms. The fourth-order valence-electron chi connectivity index (χ4n) is 2.71. The molecule has 4 rings (SSSR count). The summed E-state index contributed by atoms with van der Waals surface area (Å²) in [6.45, 7) is 1.83. The number of nitrogens with zero attached hydrogens (tertiary/aromatic N) is 4. The van der Waals surface area contributed by atoms with Crippen molar-refractivity contribution in [2.24, 2.45) is 0 Å². The second-order valence-corrected chi connectivity index (χ2v) is 5.94. The zero-order valence-corrected chi connectivity index (χ0v) is 14.0. The molecule has 2 aromatic carbocycles. The first-order chi connectivity index (χ1) is 12.9. The number of carbonyl (C=O) groups excluding carboxylic acids is 1. The van der Waals surface area contributed by atoms with Crippen LogP contribution in [0.4, 0.5) is 8.78 Å². The molecule has 1 N–H and O–H groups in total. The number of aromatic hydroxyl groups is 1. The largest absolute Gasteiger partial charge is 0.505 e. The topological polar surface area (TPSA) is 80.9 Å². The van der Waals surface area contributed by atoms with E-state index in [2.05, 4.69) is 15.0 Å². The smallest absolute Gasteiger partial charge is 0.199 e. The Balaban J connectivity index is 1.81. The number of aromatic nitrogens is 4. The molecule has 8 heteroatoms. The van der Waals surface area contributed by atoms with Crippen molar-refractivity contribution in [3.63, 3.8) is 0 Å². The quantitative estimate of drug-likeness (QED) is 0.563. The lowest BCUT2D eigenvalue weighted by Crippen LogP contribution is -2.08. The van der Waals surface area contributed by atoms with E-state index in [0.717, 1.165) is 17.8 Å². The third-order valence-electron chi connectivity index (χ3n) is 4.07. The number of ketones is 1. The van der Waals surface area contributed by atoms with Crippen LogP contribution in [0.5, 0.6) is 5.75 Å². The minimum Gasteiger partial charge on any atom is -0.505 e. The first kappa shape index (κ1) is 16.8. The van der Waals surface area contributed by atoms with Gasteiger partial charge in [0.2, 0.25) is 0 Å². The molecule has 0 fully saturated rings. The summed E-state index contributed by atoms with van der Waals surface area (Å²) in [4.78, 5) is 25.4. The van der Waals surface area contributed by atoms with Crippen LogP contribution in [0.2, 0.25) is 0 Å². The second-order valence-electron chi connectivity index (χ2n) is 5.94. The average Bonchev–Trinajstić information content (AvgIpc) is 3.10. The third-order valence-corrected chi connectivity index (χ3v) is 4.07. The molecule has 0 unspecified atom stereocenters. The van der Waals surface area contributed by atoms with Gasteiger partial charge in [-0.15, -0.1) is 0 Å². The molecule has 0 saturated heterocycles. The Bertz CT molecular complexity index is 1200. The van der Waals surface area contributed by atoms with Crippen molar-refractivity contribution in [2.45, 2.75) is 6.92 Å². The normalized spacial score (nSPS) is 11.1. The zero-order valence-electron chi connectivity index (χ0n) is 14.0. The maximum Gasteiger partial charge on any atom is 0.199 e. The number of fused-ring (bicyclic) bond motifs is 1. The number of hydrogen-bond donors (Lipinski definition) is 1. The summed E-state index contributed by atoms with van der Waals surface area (Å²) in [5, 5.41) is 9.43. The van der Waals surface area contributed by atoms with Crippen molar-refractivity contribution in [1.82, 2.24) is 19.5 Å². The summed E-state index contributed by atoms with van der Waals surface area (Å²) in [6.07, 6.45) is 4.90. The van der Waals surface area contributed by atoms with Crippen molar-refractivity contribution >= 4 is 16.8 Å². The van der Waals surface area contributed by atoms with Crippen molar-refractivity contribution in [3.05, 3.63) is 77.5 Å². The average molecular weight is 366 g/mol. The summed E-state index contributed by atoms with van der Waals surface area (Å²) in [7, 11) is 0. The number of imidazole rings is 1. The molecule has 0 amide bonds. The van der Waals surface area contributed by atoms with Gasteiger partial charge in [0.25, 0.3) is 0 Å². The van der Waals surface area contributed by atoms with Gasteiger partial charge in [0.1, 0.15) is 12.1 Å². The number of rotatable bonds is 3. The van der Waals surface area contributed by atoms with Gasteiger partial charge in [-0.3, -0.25) is 14.3 Å². The van der Waals surface area contributed by atoms with E-state index >= 15 is 0 Å². The van der Waals surface area contributed by atoms with E-state index in [1.807, 2.05) is 6.92 Å². The highest BCUT2D eigenvalue weighted by molar-refractivity contribution is 6.10. The van der Waals surface area contributed by atoms with Crippen LogP contribution in [0.1, 0.15) is 21.6 Å². The Morgan fingerprint density at radius 3 is 2.67 bits per heavy atom. The number of halogens is 2. The molecule has 0 radical (unpaired) electrons. The lowest BCUT2D eigenvalue weighted by molar-refractivity contribution is 0.103. The Morgan fingerprint density at radius 1 is 1.11 bits per heavy atom. The minimum atomic E-state index is -1.30. The van der Waals surface area contributed by atoms with Crippen molar-refractivity contribution < 1.29 is 18.7 Å². The van der Waals surface area contributed by atoms with Gasteiger partial charge in [-0.1, -0.05) is 0 Å². The Morgan fingerprint density at radius 2 is 1.93 bits per heavy atom. The van der Waals surface area contributed by atoms with Crippen molar-refractivity contribution in [2.75, 3.05) is 0 Å². The number of benzene rings is 2.